The molecule has 1 fully saturated rings. The van der Waals surface area contributed by atoms with Crippen LogP contribution in [0.15, 0.2) is 36.7 Å². The molecule has 0 aliphatic carbocycles. The molecule has 0 saturated carbocycles. The molecule has 5 N–H and O–H groups in total. The number of aliphatic hydroxyl groups excluding tert-OH is 1. The molecule has 3 aromatic heterocycles. The van der Waals surface area contributed by atoms with Crippen LogP contribution in [-0.2, 0) is 23.9 Å². The second-order valence-electron chi connectivity index (χ2n) is 8.57. The SMILES string of the molecule is Nc1cc(Cc2cnn(Cc3cc([C@@H]4CC(=O)NC4CO)cc(C(F)(F)F)c3)c2)c2nn[nH]c2n1. The zero-order valence-electron chi connectivity index (χ0n) is 18.3. The zero-order valence-corrected chi connectivity index (χ0v) is 18.3. The summed E-state index contributed by atoms with van der Waals surface area (Å²) < 4.78 is 42.4. The van der Waals surface area contributed by atoms with Gasteiger partial charge in [-0.05, 0) is 40.5 Å². The number of hydrogen-bond acceptors (Lipinski definition) is 7. The fraction of sp³-hybridized carbons (Fsp3) is 0.318. The summed E-state index contributed by atoms with van der Waals surface area (Å²) in [5.74, 6) is -0.546. The predicted octanol–water partition coefficient (Wildman–Crippen LogP) is 1.75. The van der Waals surface area contributed by atoms with E-state index in [1.807, 2.05) is 0 Å². The highest BCUT2D eigenvalue weighted by molar-refractivity contribution is 5.80. The Morgan fingerprint density at radius 2 is 2.03 bits per heavy atom. The molecular weight excluding hydrogens is 465 g/mol. The molecule has 35 heavy (non-hydrogen) atoms. The number of anilines is 1. The molecule has 1 aliphatic rings. The molecule has 5 rings (SSSR count). The number of nitrogen functional groups attached to an aromatic ring is 1. The maximum Gasteiger partial charge on any atom is 0.416 e. The number of pyridine rings is 1. The Labute approximate surface area is 196 Å². The quantitative estimate of drug-likeness (QED) is 0.325. The molecule has 182 valence electrons. The van der Waals surface area contributed by atoms with Gasteiger partial charge < -0.3 is 16.2 Å². The lowest BCUT2D eigenvalue weighted by atomic mass is 9.89. The lowest BCUT2D eigenvalue weighted by Gasteiger charge is -2.20. The van der Waals surface area contributed by atoms with Crippen LogP contribution in [0.25, 0.3) is 11.2 Å². The fourth-order valence-corrected chi connectivity index (χ4v) is 4.47. The van der Waals surface area contributed by atoms with Crippen molar-refractivity contribution in [3.8, 4) is 0 Å². The van der Waals surface area contributed by atoms with Crippen LogP contribution in [0.4, 0.5) is 19.0 Å². The summed E-state index contributed by atoms with van der Waals surface area (Å²) in [7, 11) is 0. The van der Waals surface area contributed by atoms with Gasteiger partial charge >= 0.3 is 6.18 Å². The minimum Gasteiger partial charge on any atom is -0.394 e. The van der Waals surface area contributed by atoms with Gasteiger partial charge in [0.05, 0.1) is 31.0 Å². The number of halogens is 3. The molecule has 1 aromatic carbocycles. The van der Waals surface area contributed by atoms with E-state index in [0.29, 0.717) is 34.5 Å². The van der Waals surface area contributed by atoms with E-state index in [1.165, 1.54) is 0 Å². The van der Waals surface area contributed by atoms with Gasteiger partial charge in [0.25, 0.3) is 0 Å². The maximum atomic E-state index is 13.6. The summed E-state index contributed by atoms with van der Waals surface area (Å²) in [5.41, 5.74) is 8.40. The van der Waals surface area contributed by atoms with Crippen molar-refractivity contribution in [2.24, 2.45) is 0 Å². The lowest BCUT2D eigenvalue weighted by Crippen LogP contribution is -2.31. The third-order valence-electron chi connectivity index (χ3n) is 6.03. The molecule has 10 nitrogen and oxygen atoms in total. The largest absolute Gasteiger partial charge is 0.416 e. The number of amides is 1. The number of hydrogen-bond donors (Lipinski definition) is 4. The number of aliphatic hydroxyl groups is 1. The molecule has 1 aliphatic heterocycles. The highest BCUT2D eigenvalue weighted by Crippen LogP contribution is 2.35. The van der Waals surface area contributed by atoms with Gasteiger partial charge in [0.1, 0.15) is 11.3 Å². The average Bonchev–Trinajstić information content (AvgIpc) is 3.52. The Morgan fingerprint density at radius 1 is 1.20 bits per heavy atom. The number of nitrogens with one attached hydrogen (secondary N) is 2. The first-order valence-corrected chi connectivity index (χ1v) is 10.8. The number of fused-ring (bicyclic) bond motifs is 1. The van der Waals surface area contributed by atoms with Crippen molar-refractivity contribution >= 4 is 22.9 Å². The van der Waals surface area contributed by atoms with Crippen molar-refractivity contribution < 1.29 is 23.1 Å². The van der Waals surface area contributed by atoms with Crippen LogP contribution in [-0.4, -0.2) is 53.8 Å². The third-order valence-corrected chi connectivity index (χ3v) is 6.03. The molecule has 4 aromatic rings. The molecule has 1 amide bonds. The van der Waals surface area contributed by atoms with Gasteiger partial charge in [0.15, 0.2) is 5.65 Å². The number of benzene rings is 1. The molecular formula is C22H21F3N8O2. The van der Waals surface area contributed by atoms with Gasteiger partial charge in [-0.15, -0.1) is 5.10 Å². The molecule has 1 saturated heterocycles. The highest BCUT2D eigenvalue weighted by Gasteiger charge is 2.36. The maximum absolute atomic E-state index is 13.6. The fourth-order valence-electron chi connectivity index (χ4n) is 4.47. The van der Waals surface area contributed by atoms with E-state index in [2.05, 4.69) is 30.8 Å². The van der Waals surface area contributed by atoms with E-state index in [0.717, 1.165) is 23.3 Å². The molecule has 0 bridgehead atoms. The number of aromatic amines is 1. The van der Waals surface area contributed by atoms with E-state index >= 15 is 0 Å². The van der Waals surface area contributed by atoms with Gasteiger partial charge in [0.2, 0.25) is 5.91 Å². The number of nitrogens with two attached hydrogens (primary N) is 1. The van der Waals surface area contributed by atoms with Gasteiger partial charge in [-0.1, -0.05) is 11.3 Å². The van der Waals surface area contributed by atoms with Gasteiger partial charge in [0, 0.05) is 25.0 Å². The lowest BCUT2D eigenvalue weighted by molar-refractivity contribution is -0.137. The van der Waals surface area contributed by atoms with Crippen molar-refractivity contribution in [1.82, 2.24) is 35.5 Å². The number of rotatable bonds is 6. The third kappa shape index (κ3) is 4.67. The van der Waals surface area contributed by atoms with E-state index < -0.39 is 23.7 Å². The smallest absolute Gasteiger partial charge is 0.394 e. The molecule has 4 heterocycles. The Morgan fingerprint density at radius 3 is 2.80 bits per heavy atom. The number of carbonyl (C=O) groups excluding carboxylic acids is 1. The normalized spacial score (nSPS) is 18.3. The van der Waals surface area contributed by atoms with Gasteiger partial charge in [-0.3, -0.25) is 9.48 Å². The van der Waals surface area contributed by atoms with Crippen LogP contribution in [0.5, 0.6) is 0 Å². The molecule has 0 spiro atoms. The molecule has 1 unspecified atom stereocenters. The topological polar surface area (TPSA) is 148 Å². The Bertz CT molecular complexity index is 1400. The summed E-state index contributed by atoms with van der Waals surface area (Å²) in [4.78, 5) is 15.9. The summed E-state index contributed by atoms with van der Waals surface area (Å²) in [5, 5.41) is 26.9. The first-order valence-electron chi connectivity index (χ1n) is 10.8. The number of alkyl halides is 3. The van der Waals surface area contributed by atoms with Crippen LogP contribution in [0, 0.1) is 0 Å². The number of aromatic nitrogens is 6. The first kappa shape index (κ1) is 22.8. The van der Waals surface area contributed by atoms with E-state index in [9.17, 15) is 23.1 Å². The standard InChI is InChI=1S/C22H21F3N8O2/c23-22(24,25)15-3-11(1-13(4-15)16-6-19(35)28-17(16)10-34)8-33-9-12(7-27-33)2-14-5-18(26)29-21-20(14)30-32-31-21/h1,3-5,7,9,16-17,34H,2,6,8,10H2,(H,28,35)(H3,26,29,30,31,32)/t16-,17?/m0/s1. The van der Waals surface area contributed by atoms with Crippen LogP contribution >= 0.6 is 0 Å². The van der Waals surface area contributed by atoms with Crippen LogP contribution in [0.1, 0.15) is 40.2 Å². The number of carbonyl (C=O) groups is 1. The Hall–Kier alpha value is -4.00. The van der Waals surface area contributed by atoms with Crippen molar-refractivity contribution in [2.45, 2.75) is 37.5 Å². The average molecular weight is 486 g/mol. The summed E-state index contributed by atoms with van der Waals surface area (Å²) >= 11 is 0. The second kappa shape index (κ2) is 8.65. The Kier molecular flexibility index (Phi) is 5.63. The van der Waals surface area contributed by atoms with E-state index in [-0.39, 0.29) is 25.5 Å². The predicted molar refractivity (Wildman–Crippen MR) is 118 cm³/mol. The minimum atomic E-state index is -4.56. The first-order chi connectivity index (χ1) is 16.7. The summed E-state index contributed by atoms with van der Waals surface area (Å²) in [6, 6.07) is 4.81. The Balaban J connectivity index is 1.42. The van der Waals surface area contributed by atoms with E-state index in [4.69, 9.17) is 5.73 Å². The molecule has 0 radical (unpaired) electrons. The van der Waals surface area contributed by atoms with Crippen molar-refractivity contribution in [1.29, 1.82) is 0 Å². The van der Waals surface area contributed by atoms with Crippen LogP contribution in [0.2, 0.25) is 0 Å². The van der Waals surface area contributed by atoms with Gasteiger partial charge in [-0.2, -0.15) is 18.3 Å². The summed E-state index contributed by atoms with van der Waals surface area (Å²) in [6.07, 6.45) is -0.756. The van der Waals surface area contributed by atoms with Gasteiger partial charge in [-0.25, -0.2) is 10.1 Å². The second-order valence-corrected chi connectivity index (χ2v) is 8.57. The summed E-state index contributed by atoms with van der Waals surface area (Å²) in [6.45, 7) is -0.268. The monoisotopic (exact) mass is 486 g/mol. The number of H-pyrrole nitrogens is 1. The highest BCUT2D eigenvalue weighted by atomic mass is 19.4. The number of nitrogens with zero attached hydrogens (tertiary/aromatic N) is 5. The molecule has 2 atom stereocenters. The van der Waals surface area contributed by atoms with Crippen LogP contribution in [0.3, 0.4) is 0 Å². The van der Waals surface area contributed by atoms with E-state index in [1.54, 1.807) is 29.2 Å². The van der Waals surface area contributed by atoms with Crippen molar-refractivity contribution in [2.75, 3.05) is 12.3 Å². The minimum absolute atomic E-state index is 0.0173. The zero-order chi connectivity index (χ0) is 24.7. The van der Waals surface area contributed by atoms with Crippen LogP contribution < -0.4 is 11.1 Å². The van der Waals surface area contributed by atoms with Crippen molar-refractivity contribution in [3.05, 3.63) is 64.5 Å². The molecule has 13 heteroatoms. The van der Waals surface area contributed by atoms with Crippen molar-refractivity contribution in [3.63, 3.8) is 0 Å².